The zero-order chi connectivity index (χ0) is 12.5. The minimum Gasteiger partial charge on any atom is -0.381 e. The number of rotatable bonds is 2. The van der Waals surface area contributed by atoms with Crippen LogP contribution >= 0.6 is 11.3 Å². The molecule has 0 spiro atoms. The Morgan fingerprint density at radius 3 is 2.59 bits per heavy atom. The van der Waals surface area contributed by atoms with Gasteiger partial charge in [-0.1, -0.05) is 20.8 Å². The number of hydrogen-bond acceptors (Lipinski definition) is 4. The number of thiazole rings is 1. The van der Waals surface area contributed by atoms with E-state index in [1.807, 2.05) is 0 Å². The van der Waals surface area contributed by atoms with E-state index in [1.165, 1.54) is 10.7 Å². The molecule has 3 nitrogen and oxygen atoms in total. The molecule has 2 heterocycles. The van der Waals surface area contributed by atoms with E-state index in [2.05, 4.69) is 26.2 Å². The highest BCUT2D eigenvalue weighted by atomic mass is 32.1. The van der Waals surface area contributed by atoms with Gasteiger partial charge in [-0.3, -0.25) is 0 Å². The van der Waals surface area contributed by atoms with E-state index in [0.29, 0.717) is 0 Å². The summed E-state index contributed by atoms with van der Waals surface area (Å²) in [6, 6.07) is 0. The van der Waals surface area contributed by atoms with E-state index >= 15 is 0 Å². The van der Waals surface area contributed by atoms with Crippen LogP contribution in [0.3, 0.4) is 0 Å². The number of aromatic nitrogens is 1. The van der Waals surface area contributed by atoms with Crippen molar-refractivity contribution in [2.24, 2.45) is 5.73 Å². The molecule has 96 valence electrons. The number of nitrogens with zero attached hydrogens (tertiary/aromatic N) is 1. The molecular weight excluding hydrogens is 232 g/mol. The number of ether oxygens (including phenoxy) is 1. The van der Waals surface area contributed by atoms with Gasteiger partial charge in [-0.05, 0) is 12.8 Å². The van der Waals surface area contributed by atoms with Crippen LogP contribution in [0.1, 0.15) is 44.3 Å². The minimum absolute atomic E-state index is 0.106. The Kier molecular flexibility index (Phi) is 3.57. The molecule has 17 heavy (non-hydrogen) atoms. The van der Waals surface area contributed by atoms with Crippen molar-refractivity contribution >= 4 is 11.3 Å². The molecular formula is C13H22N2OS. The third kappa shape index (κ3) is 3.27. The molecule has 0 aliphatic carbocycles. The highest BCUT2D eigenvalue weighted by Gasteiger charge is 2.30. The first-order valence-corrected chi connectivity index (χ1v) is 7.09. The van der Waals surface area contributed by atoms with Crippen LogP contribution in [0.2, 0.25) is 0 Å². The topological polar surface area (TPSA) is 48.1 Å². The maximum Gasteiger partial charge on any atom is 0.0946 e. The second-order valence-corrected chi connectivity index (χ2v) is 6.97. The Hall–Kier alpha value is -0.450. The lowest BCUT2D eigenvalue weighted by Gasteiger charge is -2.32. The maximum atomic E-state index is 6.40. The molecule has 4 heteroatoms. The van der Waals surface area contributed by atoms with Gasteiger partial charge in [-0.25, -0.2) is 4.98 Å². The van der Waals surface area contributed by atoms with Crippen LogP contribution in [-0.2, 0) is 16.6 Å². The lowest BCUT2D eigenvalue weighted by Crippen LogP contribution is -2.46. The Balaban J connectivity index is 2.06. The summed E-state index contributed by atoms with van der Waals surface area (Å²) in [7, 11) is 0. The molecule has 0 aromatic carbocycles. The molecule has 1 aromatic rings. The molecule has 2 N–H and O–H groups in total. The Bertz CT molecular complexity index is 375. The summed E-state index contributed by atoms with van der Waals surface area (Å²) < 4.78 is 5.37. The highest BCUT2D eigenvalue weighted by molar-refractivity contribution is 7.09. The normalized spacial score (nSPS) is 20.5. The third-order valence-corrected chi connectivity index (χ3v) is 4.16. The lowest BCUT2D eigenvalue weighted by atomic mass is 9.88. The van der Waals surface area contributed by atoms with Gasteiger partial charge >= 0.3 is 0 Å². The quantitative estimate of drug-likeness (QED) is 0.882. The van der Waals surface area contributed by atoms with Crippen LogP contribution in [0.25, 0.3) is 0 Å². The van der Waals surface area contributed by atoms with E-state index in [-0.39, 0.29) is 11.0 Å². The summed E-state index contributed by atoms with van der Waals surface area (Å²) in [5, 5.41) is 3.33. The fourth-order valence-corrected chi connectivity index (χ4v) is 3.17. The van der Waals surface area contributed by atoms with Gasteiger partial charge in [0.05, 0.1) is 10.7 Å². The fourth-order valence-electron chi connectivity index (χ4n) is 1.99. The van der Waals surface area contributed by atoms with E-state index < -0.39 is 0 Å². The first-order chi connectivity index (χ1) is 7.89. The van der Waals surface area contributed by atoms with Gasteiger partial charge in [-0.15, -0.1) is 11.3 Å². The summed E-state index contributed by atoms with van der Waals surface area (Å²) in [5.74, 6) is 0. The fraction of sp³-hybridized carbons (Fsp3) is 0.769. The van der Waals surface area contributed by atoms with Gasteiger partial charge in [-0.2, -0.15) is 0 Å². The van der Waals surface area contributed by atoms with E-state index in [1.54, 1.807) is 11.3 Å². The second kappa shape index (κ2) is 4.67. The van der Waals surface area contributed by atoms with Crippen molar-refractivity contribution in [2.45, 2.75) is 51.0 Å². The summed E-state index contributed by atoms with van der Waals surface area (Å²) in [4.78, 5) is 4.72. The van der Waals surface area contributed by atoms with Crippen LogP contribution in [0.5, 0.6) is 0 Å². The highest BCUT2D eigenvalue weighted by Crippen LogP contribution is 2.28. The third-order valence-electron chi connectivity index (χ3n) is 3.31. The largest absolute Gasteiger partial charge is 0.381 e. The van der Waals surface area contributed by atoms with Crippen molar-refractivity contribution in [1.82, 2.24) is 4.98 Å². The van der Waals surface area contributed by atoms with E-state index in [9.17, 15) is 0 Å². The average molecular weight is 254 g/mol. The molecule has 2 rings (SSSR count). The Morgan fingerprint density at radius 1 is 1.41 bits per heavy atom. The lowest BCUT2D eigenvalue weighted by molar-refractivity contribution is 0.0533. The molecule has 1 aliphatic rings. The zero-order valence-corrected chi connectivity index (χ0v) is 11.8. The predicted octanol–water partition coefficient (Wildman–Crippen LogP) is 2.49. The summed E-state index contributed by atoms with van der Waals surface area (Å²) in [6.07, 6.45) is 2.77. The second-order valence-electron chi connectivity index (χ2n) is 6.03. The van der Waals surface area contributed by atoms with Crippen LogP contribution in [0.4, 0.5) is 0 Å². The van der Waals surface area contributed by atoms with Crippen molar-refractivity contribution in [3.05, 3.63) is 16.1 Å². The van der Waals surface area contributed by atoms with Crippen molar-refractivity contribution in [3.8, 4) is 0 Å². The van der Waals surface area contributed by atoms with Crippen molar-refractivity contribution in [1.29, 1.82) is 0 Å². The molecule has 0 atom stereocenters. The first-order valence-electron chi connectivity index (χ1n) is 6.21. The van der Waals surface area contributed by atoms with E-state index in [4.69, 9.17) is 15.5 Å². The average Bonchev–Trinajstić information content (AvgIpc) is 2.66. The molecule has 0 amide bonds. The molecule has 0 unspecified atom stereocenters. The Labute approximate surface area is 107 Å². The summed E-state index contributed by atoms with van der Waals surface area (Å²) in [6.45, 7) is 8.15. The van der Waals surface area contributed by atoms with Crippen LogP contribution in [0.15, 0.2) is 5.38 Å². The van der Waals surface area contributed by atoms with Crippen molar-refractivity contribution in [2.75, 3.05) is 13.2 Å². The van der Waals surface area contributed by atoms with Crippen LogP contribution in [0, 0.1) is 0 Å². The van der Waals surface area contributed by atoms with Gasteiger partial charge in [0.2, 0.25) is 0 Å². The van der Waals surface area contributed by atoms with Gasteiger partial charge in [0.15, 0.2) is 0 Å². The van der Waals surface area contributed by atoms with Crippen LogP contribution in [-0.4, -0.2) is 23.7 Å². The Morgan fingerprint density at radius 2 is 2.06 bits per heavy atom. The monoisotopic (exact) mass is 254 g/mol. The van der Waals surface area contributed by atoms with Crippen LogP contribution < -0.4 is 5.73 Å². The number of nitrogens with two attached hydrogens (primary N) is 1. The van der Waals surface area contributed by atoms with E-state index in [0.717, 1.165) is 32.5 Å². The standard InChI is InChI=1S/C13H22N2OS/c1-12(2,3)10-9-17-11(15-10)8-13(14)4-6-16-7-5-13/h9H,4-8,14H2,1-3H3. The molecule has 0 bridgehead atoms. The van der Waals surface area contributed by atoms with Gasteiger partial charge in [0, 0.05) is 36.0 Å². The first kappa shape index (κ1) is 13.0. The summed E-state index contributed by atoms with van der Waals surface area (Å²) >= 11 is 1.74. The van der Waals surface area contributed by atoms with Crippen molar-refractivity contribution < 1.29 is 4.74 Å². The molecule has 1 saturated heterocycles. The van der Waals surface area contributed by atoms with Gasteiger partial charge in [0.1, 0.15) is 0 Å². The van der Waals surface area contributed by atoms with Gasteiger partial charge < -0.3 is 10.5 Å². The zero-order valence-electron chi connectivity index (χ0n) is 11.0. The predicted molar refractivity (Wildman–Crippen MR) is 71.5 cm³/mol. The van der Waals surface area contributed by atoms with Crippen molar-refractivity contribution in [3.63, 3.8) is 0 Å². The molecule has 0 saturated carbocycles. The van der Waals surface area contributed by atoms with Gasteiger partial charge in [0.25, 0.3) is 0 Å². The molecule has 1 fully saturated rings. The summed E-state index contributed by atoms with van der Waals surface area (Å²) in [5.41, 5.74) is 7.60. The molecule has 1 aliphatic heterocycles. The smallest absolute Gasteiger partial charge is 0.0946 e. The maximum absolute atomic E-state index is 6.40. The molecule has 0 radical (unpaired) electrons. The molecule has 1 aromatic heterocycles. The number of hydrogen-bond donors (Lipinski definition) is 1. The SMILES string of the molecule is CC(C)(C)c1csc(CC2(N)CCOCC2)n1. The minimum atomic E-state index is -0.106.